The molecule has 4 nitrogen and oxygen atoms in total. The minimum absolute atomic E-state index is 0.277. The van der Waals surface area contributed by atoms with E-state index in [1.165, 1.54) is 17.7 Å². The molecule has 0 aliphatic heterocycles. The lowest BCUT2D eigenvalue weighted by Gasteiger charge is -2.15. The number of ether oxygens (including phenoxy) is 1. The third kappa shape index (κ3) is 6.69. The monoisotopic (exact) mass is 563 g/mol. The van der Waals surface area contributed by atoms with Crippen LogP contribution in [0.5, 0.6) is 5.75 Å². The zero-order valence-electron chi connectivity index (χ0n) is 24.3. The Labute approximate surface area is 242 Å². The maximum Gasteiger partial charge on any atom is 0.352 e. The van der Waals surface area contributed by atoms with E-state index in [9.17, 15) is 14.3 Å². The average Bonchev–Trinajstić information content (AvgIpc) is 3.25. The molecule has 6 heteroatoms. The van der Waals surface area contributed by atoms with E-state index >= 15 is 0 Å². The molecule has 0 aliphatic rings. The Bertz CT molecular complexity index is 1530. The molecular formula is C34H39ClFNO3. The zero-order chi connectivity index (χ0) is 30.0. The van der Waals surface area contributed by atoms with Crippen molar-refractivity contribution in [3.8, 4) is 18.6 Å². The van der Waals surface area contributed by atoms with E-state index in [1.54, 1.807) is 17.7 Å². The molecule has 212 valence electrons. The van der Waals surface area contributed by atoms with Crippen molar-refractivity contribution in [2.75, 3.05) is 6.61 Å². The Hall–Kier alpha value is -3.75. The second-order valence-corrected chi connectivity index (χ2v) is 9.46. The molecule has 1 heterocycles. The molecule has 0 aliphatic carbocycles. The number of rotatable bonds is 9. The van der Waals surface area contributed by atoms with Crippen LogP contribution in [0.3, 0.4) is 0 Å². The van der Waals surface area contributed by atoms with Crippen molar-refractivity contribution in [3.05, 3.63) is 81.8 Å². The molecule has 4 rings (SSSR count). The normalized spacial score (nSPS) is 11.2. The largest absolute Gasteiger partial charge is 0.493 e. The lowest BCUT2D eigenvalue weighted by atomic mass is 9.94. The summed E-state index contributed by atoms with van der Waals surface area (Å²) < 4.78 is 21.4. The highest BCUT2D eigenvalue weighted by molar-refractivity contribution is 6.33. The summed E-state index contributed by atoms with van der Waals surface area (Å²) in [6.07, 6.45) is 10.9. The molecule has 0 amide bonds. The van der Waals surface area contributed by atoms with Gasteiger partial charge in [0.1, 0.15) is 17.3 Å². The van der Waals surface area contributed by atoms with Crippen LogP contribution in [0.15, 0.2) is 54.1 Å². The molecule has 0 spiro atoms. The van der Waals surface area contributed by atoms with Crippen LogP contribution in [0.25, 0.3) is 27.2 Å². The van der Waals surface area contributed by atoms with Crippen molar-refractivity contribution in [3.63, 3.8) is 0 Å². The third-order valence-corrected chi connectivity index (χ3v) is 7.26. The molecule has 3 aromatic carbocycles. The van der Waals surface area contributed by atoms with E-state index in [2.05, 4.69) is 33.6 Å². The highest BCUT2D eigenvalue weighted by atomic mass is 35.5. The maximum atomic E-state index is 13.6. The number of aromatic nitrogens is 1. The molecule has 0 atom stereocenters. The smallest absolute Gasteiger partial charge is 0.352 e. The Morgan fingerprint density at radius 2 is 1.73 bits per heavy atom. The van der Waals surface area contributed by atoms with Crippen LogP contribution in [0, 0.1) is 18.7 Å². The predicted octanol–water partition coefficient (Wildman–Crippen LogP) is 9.70. The molecule has 0 bridgehead atoms. The van der Waals surface area contributed by atoms with Crippen molar-refractivity contribution in [2.24, 2.45) is 7.05 Å². The molecule has 4 aromatic rings. The number of nitrogens with zero attached hydrogens (tertiary/aromatic N) is 1. The number of carboxylic acid groups (broad SMARTS) is 1. The number of carboxylic acids is 1. The van der Waals surface area contributed by atoms with E-state index in [-0.39, 0.29) is 11.5 Å². The van der Waals surface area contributed by atoms with Crippen LogP contribution >= 0.6 is 11.6 Å². The fraction of sp³-hybridized carbons (Fsp3) is 0.324. The number of benzene rings is 3. The summed E-state index contributed by atoms with van der Waals surface area (Å²) in [6, 6.07) is 14.0. The van der Waals surface area contributed by atoms with E-state index in [0.717, 1.165) is 51.2 Å². The molecule has 0 saturated heterocycles. The van der Waals surface area contributed by atoms with E-state index in [4.69, 9.17) is 16.3 Å². The van der Waals surface area contributed by atoms with Gasteiger partial charge in [-0.15, -0.1) is 12.8 Å². The maximum absolute atomic E-state index is 13.6. The van der Waals surface area contributed by atoms with Gasteiger partial charge in [-0.05, 0) is 79.5 Å². The number of fused-ring (bicyclic) bond motifs is 2. The first-order valence-corrected chi connectivity index (χ1v) is 14.0. The summed E-state index contributed by atoms with van der Waals surface area (Å²) in [5, 5.41) is 13.3. The molecule has 0 radical (unpaired) electrons. The van der Waals surface area contributed by atoms with Gasteiger partial charge >= 0.3 is 5.97 Å². The number of carbonyl (C=O) groups is 1. The highest BCUT2D eigenvalue weighted by Gasteiger charge is 2.24. The lowest BCUT2D eigenvalue weighted by molar-refractivity contribution is 0.0685. The first kappa shape index (κ1) is 32.5. The van der Waals surface area contributed by atoms with Crippen molar-refractivity contribution in [1.29, 1.82) is 0 Å². The minimum atomic E-state index is -0.961. The van der Waals surface area contributed by atoms with Crippen molar-refractivity contribution in [2.45, 2.75) is 60.3 Å². The van der Waals surface area contributed by atoms with Gasteiger partial charge in [0.05, 0.1) is 17.1 Å². The zero-order valence-corrected chi connectivity index (χ0v) is 25.0. The lowest BCUT2D eigenvalue weighted by Crippen LogP contribution is -2.09. The predicted molar refractivity (Wildman–Crippen MR) is 167 cm³/mol. The van der Waals surface area contributed by atoms with Crippen LogP contribution < -0.4 is 4.74 Å². The van der Waals surface area contributed by atoms with Crippen LogP contribution in [0.1, 0.15) is 75.5 Å². The quantitative estimate of drug-likeness (QED) is 0.163. The fourth-order valence-electron chi connectivity index (χ4n) is 5.10. The number of aromatic carboxylic acids is 1. The standard InChI is InChI=1S/C30H31ClFNO3.C2H6.C2H2/c1-5-18(3)21(6-2)27-25(31)15-14-24-23(29(30(34)35)33(4)28(24)27)10-8-16-36-26-11-7-9-19-17-20(32)12-13-22(19)26;2*1-2/h7,9,11-15,17H,5-6,8,10,16H2,1-4H3,(H,34,35);1-2H3;1-2H/b21-18+;;. The van der Waals surface area contributed by atoms with Crippen LogP contribution in [-0.2, 0) is 13.5 Å². The Kier molecular flexibility index (Phi) is 12.3. The van der Waals surface area contributed by atoms with Crippen molar-refractivity contribution >= 4 is 44.8 Å². The summed E-state index contributed by atoms with van der Waals surface area (Å²) in [5.74, 6) is -0.561. The number of hydrogen-bond donors (Lipinski definition) is 1. The van der Waals surface area contributed by atoms with Crippen molar-refractivity contribution < 1.29 is 19.0 Å². The molecule has 0 fully saturated rings. The number of allylic oxidation sites excluding steroid dienone is 2. The van der Waals surface area contributed by atoms with Crippen molar-refractivity contribution in [1.82, 2.24) is 4.57 Å². The van der Waals surface area contributed by atoms with Crippen LogP contribution in [-0.4, -0.2) is 22.2 Å². The molecule has 0 unspecified atom stereocenters. The average molecular weight is 564 g/mol. The highest BCUT2D eigenvalue weighted by Crippen LogP contribution is 2.39. The second kappa shape index (κ2) is 15.1. The number of hydrogen-bond acceptors (Lipinski definition) is 2. The van der Waals surface area contributed by atoms with Gasteiger partial charge < -0.3 is 14.4 Å². The number of terminal acetylenes is 1. The molecule has 1 aromatic heterocycles. The van der Waals surface area contributed by atoms with Gasteiger partial charge in [0.2, 0.25) is 0 Å². The summed E-state index contributed by atoms with van der Waals surface area (Å²) in [6.45, 7) is 10.7. The van der Waals surface area contributed by atoms with Gasteiger partial charge in [-0.2, -0.15) is 0 Å². The second-order valence-electron chi connectivity index (χ2n) is 9.05. The Morgan fingerprint density at radius 3 is 2.35 bits per heavy atom. The Morgan fingerprint density at radius 1 is 1.05 bits per heavy atom. The van der Waals surface area contributed by atoms with Gasteiger partial charge in [-0.3, -0.25) is 0 Å². The van der Waals surface area contributed by atoms with Gasteiger partial charge in [-0.25, -0.2) is 9.18 Å². The Balaban J connectivity index is 0.00000134. The number of aryl methyl sites for hydroxylation is 2. The molecule has 1 N–H and O–H groups in total. The molecule has 40 heavy (non-hydrogen) atoms. The van der Waals surface area contributed by atoms with Crippen LogP contribution in [0.4, 0.5) is 4.39 Å². The van der Waals surface area contributed by atoms with E-state index in [1.807, 2.05) is 44.2 Å². The summed E-state index contributed by atoms with van der Waals surface area (Å²) >= 11 is 6.70. The van der Waals surface area contributed by atoms with Gasteiger partial charge in [0.15, 0.2) is 0 Å². The number of halogens is 2. The topological polar surface area (TPSA) is 51.5 Å². The van der Waals surface area contributed by atoms with E-state index < -0.39 is 5.97 Å². The van der Waals surface area contributed by atoms with E-state index in [0.29, 0.717) is 30.2 Å². The van der Waals surface area contributed by atoms with Gasteiger partial charge in [0, 0.05) is 23.4 Å². The van der Waals surface area contributed by atoms with Gasteiger partial charge in [-0.1, -0.05) is 63.1 Å². The summed E-state index contributed by atoms with van der Waals surface area (Å²) in [4.78, 5) is 12.3. The summed E-state index contributed by atoms with van der Waals surface area (Å²) in [7, 11) is 1.80. The minimum Gasteiger partial charge on any atom is -0.493 e. The van der Waals surface area contributed by atoms with Crippen LogP contribution in [0.2, 0.25) is 5.02 Å². The SMILES string of the molecule is C#C.CC.CC/C(C)=C(\CC)c1c(Cl)ccc2c(CCCOc3cccc4cc(F)ccc34)c(C(=O)O)n(C)c12. The first-order chi connectivity index (χ1) is 19.3. The van der Waals surface area contributed by atoms with Gasteiger partial charge in [0.25, 0.3) is 0 Å². The molecule has 0 saturated carbocycles. The fourth-order valence-corrected chi connectivity index (χ4v) is 5.37. The molecular weight excluding hydrogens is 525 g/mol. The third-order valence-electron chi connectivity index (χ3n) is 6.94. The summed E-state index contributed by atoms with van der Waals surface area (Å²) in [5.41, 5.74) is 5.25. The first-order valence-electron chi connectivity index (χ1n) is 13.6.